The number of Topliss-reactive ketones (excluding diaryl/α,β-unsaturated/α-hetero) is 1. The van der Waals surface area contributed by atoms with Crippen LogP contribution in [0.2, 0.25) is 0 Å². The number of phenols is 1. The summed E-state index contributed by atoms with van der Waals surface area (Å²) < 4.78 is 8.12. The fraction of sp³-hybridized carbons (Fsp3) is 0.500. The zero-order valence-corrected chi connectivity index (χ0v) is 9.10. The first-order valence-electron chi connectivity index (χ1n) is 6.50. The molecule has 0 aliphatic heterocycles. The Morgan fingerprint density at radius 1 is 1.38 bits per heavy atom. The first-order chi connectivity index (χ1) is 8.18. The van der Waals surface area contributed by atoms with Crippen LogP contribution in [-0.2, 0) is 0 Å². The Bertz CT molecular complexity index is 455. The number of ketones is 1. The van der Waals surface area contributed by atoms with Crippen LogP contribution in [0.4, 0.5) is 0 Å². The molecule has 0 aromatic heterocycles. The number of hydrogen-bond acceptors (Lipinski definition) is 2. The third kappa shape index (κ3) is 1.44. The van der Waals surface area contributed by atoms with Crippen LogP contribution >= 0.6 is 0 Å². The van der Waals surface area contributed by atoms with Gasteiger partial charge in [0.1, 0.15) is 5.75 Å². The van der Waals surface area contributed by atoms with Gasteiger partial charge in [0.15, 0.2) is 5.78 Å². The number of rotatable bonds is 2. The van der Waals surface area contributed by atoms with Crippen molar-refractivity contribution in [2.75, 3.05) is 0 Å². The van der Waals surface area contributed by atoms with Crippen LogP contribution in [0.3, 0.4) is 0 Å². The highest BCUT2D eigenvalue weighted by Gasteiger charge is 2.43. The predicted molar refractivity (Wildman–Crippen MR) is 61.4 cm³/mol. The average Bonchev–Trinajstić information content (AvgIpc) is 2.89. The summed E-state index contributed by atoms with van der Waals surface area (Å²) in [6.07, 6.45) is 2.94. The van der Waals surface area contributed by atoms with Gasteiger partial charge in [-0.25, -0.2) is 0 Å². The molecule has 3 rings (SSSR count). The summed E-state index contributed by atoms with van der Waals surface area (Å²) in [4.78, 5) is 12.4. The highest BCUT2D eigenvalue weighted by atomic mass is 16.3. The SMILES string of the molecule is [2H][C@H]1[C@@H]2CC[C@@H](C2)[C@H]1C(=O)c1ccccc1O. The van der Waals surface area contributed by atoms with E-state index in [1.165, 1.54) is 0 Å². The lowest BCUT2D eigenvalue weighted by molar-refractivity contribution is 0.0872. The van der Waals surface area contributed by atoms with E-state index in [4.69, 9.17) is 1.37 Å². The third-order valence-electron chi connectivity index (χ3n) is 3.97. The van der Waals surface area contributed by atoms with Gasteiger partial charge in [0.25, 0.3) is 0 Å². The van der Waals surface area contributed by atoms with Crippen molar-refractivity contribution >= 4 is 5.78 Å². The van der Waals surface area contributed by atoms with E-state index >= 15 is 0 Å². The zero-order valence-electron chi connectivity index (χ0n) is 10.1. The number of phenolic OH excluding ortho intramolecular Hbond substituents is 1. The van der Waals surface area contributed by atoms with Gasteiger partial charge in [-0.2, -0.15) is 0 Å². The lowest BCUT2D eigenvalue weighted by atomic mass is 9.83. The lowest BCUT2D eigenvalue weighted by Gasteiger charge is -2.20. The van der Waals surface area contributed by atoms with Crippen LogP contribution in [0.25, 0.3) is 0 Å². The molecule has 2 nitrogen and oxygen atoms in total. The van der Waals surface area contributed by atoms with Gasteiger partial charge >= 0.3 is 0 Å². The van der Waals surface area contributed by atoms with E-state index in [9.17, 15) is 9.90 Å². The number of aromatic hydroxyl groups is 1. The first-order valence-corrected chi connectivity index (χ1v) is 5.93. The molecule has 4 atom stereocenters. The minimum Gasteiger partial charge on any atom is -0.507 e. The van der Waals surface area contributed by atoms with Crippen molar-refractivity contribution in [3.63, 3.8) is 0 Å². The Labute approximate surface area is 96.7 Å². The highest BCUT2D eigenvalue weighted by molar-refractivity contribution is 6.00. The largest absolute Gasteiger partial charge is 0.507 e. The monoisotopic (exact) mass is 217 g/mol. The van der Waals surface area contributed by atoms with E-state index in [2.05, 4.69) is 0 Å². The maximum atomic E-state index is 12.4. The van der Waals surface area contributed by atoms with E-state index in [1.54, 1.807) is 24.3 Å². The standard InChI is InChI=1S/C14H16O2/c15-13-4-2-1-3-11(13)14(16)12-8-9-5-6-10(12)7-9/h1-4,9-10,12,15H,5-8H2/t9-,10+,12+/m1/s1/i8D/t8-,9+,10-,12-/m0. The van der Waals surface area contributed by atoms with Crippen LogP contribution in [0.15, 0.2) is 24.3 Å². The second-order valence-corrected chi connectivity index (χ2v) is 4.93. The predicted octanol–water partition coefficient (Wildman–Crippen LogP) is 3.01. The van der Waals surface area contributed by atoms with Crippen molar-refractivity contribution in [2.45, 2.75) is 25.7 Å². The smallest absolute Gasteiger partial charge is 0.169 e. The molecule has 0 saturated heterocycles. The molecule has 84 valence electrons. The minimum atomic E-state index is -0.263. The van der Waals surface area contributed by atoms with Crippen molar-refractivity contribution in [1.82, 2.24) is 0 Å². The Morgan fingerprint density at radius 2 is 2.19 bits per heavy atom. The van der Waals surface area contributed by atoms with Crippen molar-refractivity contribution in [3.05, 3.63) is 29.8 Å². The Hall–Kier alpha value is -1.31. The second-order valence-electron chi connectivity index (χ2n) is 4.93. The molecule has 0 heterocycles. The zero-order chi connectivity index (χ0) is 12.0. The Balaban J connectivity index is 1.91. The van der Waals surface area contributed by atoms with E-state index in [0.29, 0.717) is 17.4 Å². The van der Waals surface area contributed by atoms with Crippen LogP contribution in [0.5, 0.6) is 5.75 Å². The molecule has 2 heteroatoms. The summed E-state index contributed by atoms with van der Waals surface area (Å²) in [7, 11) is 0. The number of carbonyl (C=O) groups is 1. The summed E-state index contributed by atoms with van der Waals surface area (Å²) in [5.74, 6) is 0.597. The highest BCUT2D eigenvalue weighted by Crippen LogP contribution is 2.49. The molecule has 1 aromatic rings. The van der Waals surface area contributed by atoms with Gasteiger partial charge in [0.05, 0.1) is 5.56 Å². The van der Waals surface area contributed by atoms with E-state index in [1.807, 2.05) is 0 Å². The fourth-order valence-electron chi connectivity index (χ4n) is 3.17. The molecular formula is C14H16O2. The summed E-state index contributed by atoms with van der Waals surface area (Å²) in [6, 6.07) is 6.68. The summed E-state index contributed by atoms with van der Waals surface area (Å²) in [5.41, 5.74) is 0.391. The van der Waals surface area contributed by atoms with Crippen LogP contribution < -0.4 is 0 Å². The van der Waals surface area contributed by atoms with Gasteiger partial charge in [-0.3, -0.25) is 4.79 Å². The average molecular weight is 217 g/mol. The first kappa shape index (κ1) is 8.80. The summed E-state index contributed by atoms with van der Waals surface area (Å²) in [5, 5.41) is 9.72. The Morgan fingerprint density at radius 3 is 2.88 bits per heavy atom. The molecule has 1 N–H and O–H groups in total. The molecule has 1 aromatic carbocycles. The van der Waals surface area contributed by atoms with E-state index in [-0.39, 0.29) is 23.8 Å². The molecule has 0 spiro atoms. The quantitative estimate of drug-likeness (QED) is 0.773. The number of carbonyl (C=O) groups excluding carboxylic acids is 1. The lowest BCUT2D eigenvalue weighted by Crippen LogP contribution is -2.21. The van der Waals surface area contributed by atoms with Gasteiger partial charge < -0.3 is 5.11 Å². The third-order valence-corrected chi connectivity index (χ3v) is 3.97. The topological polar surface area (TPSA) is 37.3 Å². The molecule has 0 radical (unpaired) electrons. The number of hydrogen-bond donors (Lipinski definition) is 1. The van der Waals surface area contributed by atoms with Gasteiger partial charge in [0.2, 0.25) is 0 Å². The molecular weight excluding hydrogens is 200 g/mol. The van der Waals surface area contributed by atoms with Crippen molar-refractivity contribution < 1.29 is 11.3 Å². The maximum Gasteiger partial charge on any atom is 0.169 e. The molecule has 2 saturated carbocycles. The number of benzene rings is 1. The van der Waals surface area contributed by atoms with Crippen molar-refractivity contribution in [3.8, 4) is 5.75 Å². The normalized spacial score (nSPS) is 37.4. The fourth-order valence-corrected chi connectivity index (χ4v) is 3.17. The van der Waals surface area contributed by atoms with Crippen molar-refractivity contribution in [1.29, 1.82) is 0 Å². The molecule has 2 fully saturated rings. The number of para-hydroxylation sites is 1. The van der Waals surface area contributed by atoms with Gasteiger partial charge in [-0.1, -0.05) is 18.6 Å². The van der Waals surface area contributed by atoms with Gasteiger partial charge in [-0.15, -0.1) is 0 Å². The van der Waals surface area contributed by atoms with Crippen LogP contribution in [0.1, 0.15) is 37.4 Å². The summed E-state index contributed by atoms with van der Waals surface area (Å²) >= 11 is 0. The maximum absolute atomic E-state index is 12.4. The van der Waals surface area contributed by atoms with Crippen molar-refractivity contribution in [2.24, 2.45) is 17.8 Å². The number of fused-ring (bicyclic) bond motifs is 2. The molecule has 0 unspecified atom stereocenters. The van der Waals surface area contributed by atoms with E-state index in [0.717, 1.165) is 19.3 Å². The van der Waals surface area contributed by atoms with E-state index < -0.39 is 0 Å². The Kier molecular flexibility index (Phi) is 1.99. The second kappa shape index (κ2) is 3.62. The minimum absolute atomic E-state index is 0.0321. The van der Waals surface area contributed by atoms with Crippen LogP contribution in [0, 0.1) is 17.8 Å². The molecule has 0 amide bonds. The summed E-state index contributed by atoms with van der Waals surface area (Å²) in [6.45, 7) is 0. The molecule has 2 aliphatic rings. The van der Waals surface area contributed by atoms with Gasteiger partial charge in [0, 0.05) is 7.29 Å². The van der Waals surface area contributed by atoms with Gasteiger partial charge in [-0.05, 0) is 43.2 Å². The van der Waals surface area contributed by atoms with Crippen LogP contribution in [-0.4, -0.2) is 10.9 Å². The molecule has 2 bridgehead atoms. The molecule has 2 aliphatic carbocycles. The molecule has 16 heavy (non-hydrogen) atoms.